The highest BCUT2D eigenvalue weighted by atomic mass is 32.1. The molecule has 0 saturated carbocycles. The highest BCUT2D eigenvalue weighted by molar-refractivity contribution is 7.17. The van der Waals surface area contributed by atoms with Gasteiger partial charge in [0, 0.05) is 12.6 Å². The van der Waals surface area contributed by atoms with Crippen molar-refractivity contribution in [3.05, 3.63) is 61.9 Å². The van der Waals surface area contributed by atoms with Gasteiger partial charge in [0.2, 0.25) is 5.91 Å². The molecule has 1 aliphatic rings. The Balaban J connectivity index is 1.83. The lowest BCUT2D eigenvalue weighted by atomic mass is 10.00. The van der Waals surface area contributed by atoms with Crippen LogP contribution in [0.15, 0.2) is 39.2 Å². The second kappa shape index (κ2) is 8.18. The fraction of sp³-hybridized carbons (Fsp3) is 0.409. The van der Waals surface area contributed by atoms with Crippen LogP contribution in [-0.2, 0) is 11.3 Å². The summed E-state index contributed by atoms with van der Waals surface area (Å²) in [4.78, 5) is 41.3. The number of piperidine rings is 1. The number of halogens is 1. The maximum atomic E-state index is 13.7. The number of hydrogen-bond donors (Lipinski definition) is 0. The molecule has 0 radical (unpaired) electrons. The zero-order chi connectivity index (χ0) is 21.4. The van der Waals surface area contributed by atoms with Crippen molar-refractivity contribution in [2.75, 3.05) is 6.54 Å². The number of benzene rings is 1. The summed E-state index contributed by atoms with van der Waals surface area (Å²) in [6.45, 7) is 4.21. The molecule has 158 valence electrons. The molecule has 1 amide bonds. The number of thiophene rings is 1. The summed E-state index contributed by atoms with van der Waals surface area (Å²) in [6, 6.07) is 6.01. The smallest absolute Gasteiger partial charge is 0.336 e. The fourth-order valence-corrected chi connectivity index (χ4v) is 5.04. The summed E-state index contributed by atoms with van der Waals surface area (Å²) < 4.78 is 16.5. The minimum Gasteiger partial charge on any atom is -0.338 e. The normalized spacial score (nSPS) is 16.9. The van der Waals surface area contributed by atoms with Crippen LogP contribution in [0.5, 0.6) is 0 Å². The van der Waals surface area contributed by atoms with Gasteiger partial charge in [0.1, 0.15) is 17.1 Å². The molecule has 1 aromatic carbocycles. The lowest BCUT2D eigenvalue weighted by Gasteiger charge is -2.35. The van der Waals surface area contributed by atoms with E-state index in [9.17, 15) is 18.8 Å². The standard InChI is InChI=1S/C22H24FN3O3S/c1-3-15-6-4-5-10-24(15)19(27)13-25-18-9-11-30-20(18)21(28)26(22(25)29)16-7-8-17(23)14(2)12-16/h7-9,11-12,15H,3-6,10,13H2,1-2H3/t15-/m1/s1. The Labute approximate surface area is 177 Å². The molecule has 0 bridgehead atoms. The Morgan fingerprint density at radius 2 is 2.03 bits per heavy atom. The van der Waals surface area contributed by atoms with Crippen LogP contribution in [0, 0.1) is 12.7 Å². The summed E-state index contributed by atoms with van der Waals surface area (Å²) in [7, 11) is 0. The van der Waals surface area contributed by atoms with E-state index >= 15 is 0 Å². The SMILES string of the molecule is CC[C@@H]1CCCCN1C(=O)Cn1c(=O)n(-c2ccc(F)c(C)c2)c(=O)c2sccc21. The van der Waals surface area contributed by atoms with E-state index in [-0.39, 0.29) is 18.5 Å². The molecule has 0 spiro atoms. The molecule has 0 N–H and O–H groups in total. The van der Waals surface area contributed by atoms with Crippen molar-refractivity contribution in [2.45, 2.75) is 52.1 Å². The van der Waals surface area contributed by atoms with Crippen LogP contribution in [0.2, 0.25) is 0 Å². The zero-order valence-electron chi connectivity index (χ0n) is 17.1. The van der Waals surface area contributed by atoms with E-state index in [1.54, 1.807) is 18.4 Å². The van der Waals surface area contributed by atoms with Crippen molar-refractivity contribution in [1.82, 2.24) is 14.0 Å². The second-order valence-corrected chi connectivity index (χ2v) is 8.64. The number of carbonyl (C=O) groups excluding carboxylic acids is 1. The van der Waals surface area contributed by atoms with E-state index in [0.29, 0.717) is 28.0 Å². The van der Waals surface area contributed by atoms with E-state index in [1.807, 2.05) is 4.90 Å². The van der Waals surface area contributed by atoms with Crippen LogP contribution in [-0.4, -0.2) is 32.5 Å². The number of carbonyl (C=O) groups is 1. The van der Waals surface area contributed by atoms with Gasteiger partial charge >= 0.3 is 5.69 Å². The van der Waals surface area contributed by atoms with E-state index in [0.717, 1.165) is 30.3 Å². The van der Waals surface area contributed by atoms with Gasteiger partial charge in [0.15, 0.2) is 0 Å². The Morgan fingerprint density at radius 1 is 1.23 bits per heavy atom. The maximum Gasteiger partial charge on any atom is 0.336 e. The Hall–Kier alpha value is -2.74. The summed E-state index contributed by atoms with van der Waals surface area (Å²) in [6.07, 6.45) is 3.91. The van der Waals surface area contributed by atoms with Crippen LogP contribution < -0.4 is 11.2 Å². The Morgan fingerprint density at radius 3 is 2.77 bits per heavy atom. The molecule has 4 rings (SSSR count). The molecule has 2 aromatic heterocycles. The Kier molecular flexibility index (Phi) is 5.60. The van der Waals surface area contributed by atoms with Crippen molar-refractivity contribution in [3.63, 3.8) is 0 Å². The topological polar surface area (TPSA) is 64.3 Å². The number of aryl methyl sites for hydroxylation is 1. The molecule has 30 heavy (non-hydrogen) atoms. The molecule has 3 heterocycles. The number of hydrogen-bond acceptors (Lipinski definition) is 4. The molecule has 1 atom stereocenters. The minimum absolute atomic E-state index is 0.114. The van der Waals surface area contributed by atoms with E-state index in [4.69, 9.17) is 0 Å². The highest BCUT2D eigenvalue weighted by Gasteiger charge is 2.27. The van der Waals surface area contributed by atoms with Crippen LogP contribution in [0.3, 0.4) is 0 Å². The molecular formula is C22H24FN3O3S. The molecule has 1 aliphatic heterocycles. The van der Waals surface area contributed by atoms with Crippen molar-refractivity contribution >= 4 is 27.5 Å². The molecule has 1 saturated heterocycles. The van der Waals surface area contributed by atoms with Gasteiger partial charge in [0.05, 0.1) is 11.2 Å². The van der Waals surface area contributed by atoms with Gasteiger partial charge in [-0.2, -0.15) is 0 Å². The third-order valence-electron chi connectivity index (χ3n) is 5.87. The molecular weight excluding hydrogens is 405 g/mol. The number of fused-ring (bicyclic) bond motifs is 1. The summed E-state index contributed by atoms with van der Waals surface area (Å²) >= 11 is 1.23. The van der Waals surface area contributed by atoms with Gasteiger partial charge in [-0.15, -0.1) is 11.3 Å². The fourth-order valence-electron chi connectivity index (χ4n) is 4.22. The van der Waals surface area contributed by atoms with E-state index in [2.05, 4.69) is 6.92 Å². The van der Waals surface area contributed by atoms with Gasteiger partial charge in [0.25, 0.3) is 5.56 Å². The molecule has 6 nitrogen and oxygen atoms in total. The molecule has 0 unspecified atom stereocenters. The van der Waals surface area contributed by atoms with Crippen LogP contribution in [0.4, 0.5) is 4.39 Å². The third kappa shape index (κ3) is 3.49. The van der Waals surface area contributed by atoms with Crippen LogP contribution in [0.25, 0.3) is 15.9 Å². The average Bonchev–Trinajstić information content (AvgIpc) is 3.23. The number of likely N-dealkylation sites (tertiary alicyclic amines) is 1. The average molecular weight is 430 g/mol. The van der Waals surface area contributed by atoms with Crippen molar-refractivity contribution in [3.8, 4) is 5.69 Å². The summed E-state index contributed by atoms with van der Waals surface area (Å²) in [5.74, 6) is -0.521. The van der Waals surface area contributed by atoms with E-state index in [1.165, 1.54) is 34.1 Å². The quantitative estimate of drug-likeness (QED) is 0.638. The first-order chi connectivity index (χ1) is 14.4. The lowest BCUT2D eigenvalue weighted by Crippen LogP contribution is -2.47. The van der Waals surface area contributed by atoms with Crippen LogP contribution in [0.1, 0.15) is 38.2 Å². The van der Waals surface area contributed by atoms with Gasteiger partial charge in [-0.05, 0) is 67.8 Å². The second-order valence-electron chi connectivity index (χ2n) is 7.72. The zero-order valence-corrected chi connectivity index (χ0v) is 17.9. The summed E-state index contributed by atoms with van der Waals surface area (Å²) in [5, 5.41) is 1.74. The highest BCUT2D eigenvalue weighted by Crippen LogP contribution is 2.21. The van der Waals surface area contributed by atoms with Crippen molar-refractivity contribution in [1.29, 1.82) is 0 Å². The maximum absolute atomic E-state index is 13.7. The number of aromatic nitrogens is 2. The van der Waals surface area contributed by atoms with Crippen molar-refractivity contribution in [2.24, 2.45) is 0 Å². The number of rotatable bonds is 4. The number of amides is 1. The largest absolute Gasteiger partial charge is 0.338 e. The number of nitrogens with zero attached hydrogens (tertiary/aromatic N) is 3. The Bertz CT molecular complexity index is 1230. The first-order valence-electron chi connectivity index (χ1n) is 10.2. The van der Waals surface area contributed by atoms with Crippen molar-refractivity contribution < 1.29 is 9.18 Å². The molecule has 1 fully saturated rings. The molecule has 0 aliphatic carbocycles. The van der Waals surface area contributed by atoms with Crippen LogP contribution >= 0.6 is 11.3 Å². The lowest BCUT2D eigenvalue weighted by molar-refractivity contribution is -0.135. The molecule has 3 aromatic rings. The van der Waals surface area contributed by atoms with Gasteiger partial charge in [-0.25, -0.2) is 13.8 Å². The predicted molar refractivity (Wildman–Crippen MR) is 116 cm³/mol. The summed E-state index contributed by atoms with van der Waals surface area (Å²) in [5.41, 5.74) is 0.0551. The third-order valence-corrected chi connectivity index (χ3v) is 6.76. The first kappa shape index (κ1) is 20.5. The van der Waals surface area contributed by atoms with Gasteiger partial charge < -0.3 is 4.90 Å². The monoisotopic (exact) mass is 429 g/mol. The van der Waals surface area contributed by atoms with Gasteiger partial charge in [-0.3, -0.25) is 14.2 Å². The van der Waals surface area contributed by atoms with E-state index < -0.39 is 17.1 Å². The predicted octanol–water partition coefficient (Wildman–Crippen LogP) is 3.45. The molecule has 8 heteroatoms. The minimum atomic E-state index is -0.588. The first-order valence-corrected chi connectivity index (χ1v) is 11.1. The van der Waals surface area contributed by atoms with Gasteiger partial charge in [-0.1, -0.05) is 6.92 Å².